The zero-order chi connectivity index (χ0) is 10.8. The fourth-order valence-corrected chi connectivity index (χ4v) is 0.832. The molecule has 0 aromatic carbocycles. The van der Waals surface area contributed by atoms with Crippen molar-refractivity contribution >= 4 is 5.91 Å². The average Bonchev–Trinajstić information content (AvgIpc) is 2.21. The lowest BCUT2D eigenvalue weighted by atomic mass is 10.2. The van der Waals surface area contributed by atoms with Crippen LogP contribution in [-0.2, 0) is 9.53 Å². The van der Waals surface area contributed by atoms with Crippen LogP contribution in [0.5, 0.6) is 0 Å². The molecule has 0 radical (unpaired) electrons. The first kappa shape index (κ1) is 13.1. The molecule has 1 amide bonds. The maximum absolute atomic E-state index is 11.2. The van der Waals surface area contributed by atoms with E-state index in [9.17, 15) is 4.79 Å². The van der Waals surface area contributed by atoms with Crippen LogP contribution in [0.1, 0.15) is 19.8 Å². The van der Waals surface area contributed by atoms with Gasteiger partial charge in [0.05, 0.1) is 19.3 Å². The quantitative estimate of drug-likeness (QED) is 0.441. The lowest BCUT2D eigenvalue weighted by molar-refractivity contribution is -0.122. The van der Waals surface area contributed by atoms with E-state index in [1.807, 2.05) is 6.92 Å². The second-order valence-electron chi connectivity index (χ2n) is 3.00. The van der Waals surface area contributed by atoms with E-state index >= 15 is 0 Å². The minimum Gasteiger partial charge on any atom is -0.379 e. The van der Waals surface area contributed by atoms with Crippen molar-refractivity contribution < 1.29 is 9.53 Å². The molecule has 3 N–H and O–H groups in total. The predicted molar refractivity (Wildman–Crippen MR) is 56.9 cm³/mol. The SMILES string of the molecule is C=CCCOCCNC(=O)[C@@H](N)CC. The summed E-state index contributed by atoms with van der Waals surface area (Å²) in [6, 6.07) is -0.400. The summed E-state index contributed by atoms with van der Waals surface area (Å²) >= 11 is 0. The Kier molecular flexibility index (Phi) is 8.17. The van der Waals surface area contributed by atoms with E-state index in [0.29, 0.717) is 26.2 Å². The molecule has 0 heterocycles. The molecule has 1 atom stereocenters. The molecule has 0 bridgehead atoms. The third-order valence-corrected chi connectivity index (χ3v) is 1.79. The summed E-state index contributed by atoms with van der Waals surface area (Å²) < 4.78 is 5.21. The number of rotatable bonds is 8. The molecule has 0 unspecified atom stereocenters. The highest BCUT2D eigenvalue weighted by molar-refractivity contribution is 5.81. The predicted octanol–water partition coefficient (Wildman–Crippen LogP) is 0.433. The summed E-state index contributed by atoms with van der Waals surface area (Å²) in [4.78, 5) is 11.2. The fourth-order valence-electron chi connectivity index (χ4n) is 0.832. The van der Waals surface area contributed by atoms with Gasteiger partial charge in [-0.05, 0) is 12.8 Å². The van der Waals surface area contributed by atoms with E-state index in [-0.39, 0.29) is 5.91 Å². The first-order valence-electron chi connectivity index (χ1n) is 4.94. The van der Waals surface area contributed by atoms with E-state index in [0.717, 1.165) is 6.42 Å². The Labute approximate surface area is 85.5 Å². The maximum atomic E-state index is 11.2. The molecule has 14 heavy (non-hydrogen) atoms. The zero-order valence-corrected chi connectivity index (χ0v) is 8.79. The van der Waals surface area contributed by atoms with Gasteiger partial charge in [-0.25, -0.2) is 0 Å². The van der Waals surface area contributed by atoms with Gasteiger partial charge in [0, 0.05) is 6.54 Å². The average molecular weight is 200 g/mol. The number of hydrogen-bond donors (Lipinski definition) is 2. The second kappa shape index (κ2) is 8.72. The molecule has 0 aliphatic heterocycles. The molecule has 0 saturated carbocycles. The van der Waals surface area contributed by atoms with Gasteiger partial charge in [0.1, 0.15) is 0 Å². The van der Waals surface area contributed by atoms with Gasteiger partial charge in [0.15, 0.2) is 0 Å². The summed E-state index contributed by atoms with van der Waals surface area (Å²) in [6.45, 7) is 7.15. The van der Waals surface area contributed by atoms with Crippen molar-refractivity contribution in [1.29, 1.82) is 0 Å². The normalized spacial score (nSPS) is 12.1. The van der Waals surface area contributed by atoms with Gasteiger partial charge in [-0.2, -0.15) is 0 Å². The monoisotopic (exact) mass is 200 g/mol. The Bertz CT molecular complexity index is 172. The summed E-state index contributed by atoms with van der Waals surface area (Å²) in [7, 11) is 0. The van der Waals surface area contributed by atoms with Gasteiger partial charge in [0.2, 0.25) is 5.91 Å². The van der Waals surface area contributed by atoms with Crippen molar-refractivity contribution in [2.75, 3.05) is 19.8 Å². The standard InChI is InChI=1S/C10H20N2O2/c1-3-5-7-14-8-6-12-10(13)9(11)4-2/h3,9H,1,4-8,11H2,2H3,(H,12,13)/t9-/m0/s1. The van der Waals surface area contributed by atoms with Gasteiger partial charge in [0.25, 0.3) is 0 Å². The summed E-state index contributed by atoms with van der Waals surface area (Å²) in [5.41, 5.74) is 5.51. The molecule has 0 saturated heterocycles. The number of carbonyl (C=O) groups excluding carboxylic acids is 1. The van der Waals surface area contributed by atoms with Crippen LogP contribution in [0.2, 0.25) is 0 Å². The van der Waals surface area contributed by atoms with Crippen molar-refractivity contribution in [3.63, 3.8) is 0 Å². The van der Waals surface area contributed by atoms with Crippen LogP contribution in [-0.4, -0.2) is 31.7 Å². The number of amides is 1. The molecule has 4 nitrogen and oxygen atoms in total. The highest BCUT2D eigenvalue weighted by Crippen LogP contribution is 1.85. The number of nitrogens with one attached hydrogen (secondary N) is 1. The van der Waals surface area contributed by atoms with Gasteiger partial charge < -0.3 is 15.8 Å². The fraction of sp³-hybridized carbons (Fsp3) is 0.700. The largest absolute Gasteiger partial charge is 0.379 e. The number of hydrogen-bond acceptors (Lipinski definition) is 3. The van der Waals surface area contributed by atoms with Gasteiger partial charge >= 0.3 is 0 Å². The molecule has 0 aromatic rings. The van der Waals surface area contributed by atoms with E-state index < -0.39 is 6.04 Å². The van der Waals surface area contributed by atoms with Crippen molar-refractivity contribution in [3.8, 4) is 0 Å². The lowest BCUT2D eigenvalue weighted by Crippen LogP contribution is -2.41. The number of nitrogens with two attached hydrogens (primary N) is 1. The molecule has 0 rings (SSSR count). The summed E-state index contributed by atoms with van der Waals surface area (Å²) in [5.74, 6) is -0.111. The Hall–Kier alpha value is -0.870. The number of ether oxygens (including phenoxy) is 1. The smallest absolute Gasteiger partial charge is 0.236 e. The molecule has 0 aliphatic rings. The van der Waals surface area contributed by atoms with Crippen LogP contribution in [0.15, 0.2) is 12.7 Å². The van der Waals surface area contributed by atoms with E-state index in [1.165, 1.54) is 0 Å². The van der Waals surface area contributed by atoms with Crippen molar-refractivity contribution in [2.24, 2.45) is 5.73 Å². The van der Waals surface area contributed by atoms with Crippen LogP contribution in [0.25, 0.3) is 0 Å². The summed E-state index contributed by atoms with van der Waals surface area (Å²) in [6.07, 6.45) is 3.29. The highest BCUT2D eigenvalue weighted by atomic mass is 16.5. The van der Waals surface area contributed by atoms with Crippen LogP contribution in [0.4, 0.5) is 0 Å². The Morgan fingerprint density at radius 3 is 2.93 bits per heavy atom. The Morgan fingerprint density at radius 2 is 2.36 bits per heavy atom. The van der Waals surface area contributed by atoms with Crippen LogP contribution in [0.3, 0.4) is 0 Å². The third kappa shape index (κ3) is 6.62. The van der Waals surface area contributed by atoms with Crippen molar-refractivity contribution in [3.05, 3.63) is 12.7 Å². The maximum Gasteiger partial charge on any atom is 0.236 e. The third-order valence-electron chi connectivity index (χ3n) is 1.79. The minimum atomic E-state index is -0.400. The topological polar surface area (TPSA) is 64.3 Å². The molecular formula is C10H20N2O2. The molecular weight excluding hydrogens is 180 g/mol. The molecule has 0 aromatic heterocycles. The number of carbonyl (C=O) groups is 1. The van der Waals surface area contributed by atoms with Crippen LogP contribution >= 0.6 is 0 Å². The van der Waals surface area contributed by atoms with Crippen LogP contribution in [0, 0.1) is 0 Å². The van der Waals surface area contributed by atoms with E-state index in [1.54, 1.807) is 6.08 Å². The van der Waals surface area contributed by atoms with Gasteiger partial charge in [-0.3, -0.25) is 4.79 Å². The Morgan fingerprint density at radius 1 is 1.64 bits per heavy atom. The van der Waals surface area contributed by atoms with Crippen molar-refractivity contribution in [1.82, 2.24) is 5.32 Å². The molecule has 0 spiro atoms. The van der Waals surface area contributed by atoms with Gasteiger partial charge in [-0.1, -0.05) is 13.0 Å². The second-order valence-corrected chi connectivity index (χ2v) is 3.00. The molecule has 0 fully saturated rings. The zero-order valence-electron chi connectivity index (χ0n) is 8.79. The molecule has 4 heteroatoms. The minimum absolute atomic E-state index is 0.111. The van der Waals surface area contributed by atoms with Crippen LogP contribution < -0.4 is 11.1 Å². The van der Waals surface area contributed by atoms with E-state index in [4.69, 9.17) is 10.5 Å². The molecule has 0 aliphatic carbocycles. The Balaban J connectivity index is 3.27. The molecule has 82 valence electrons. The first-order valence-corrected chi connectivity index (χ1v) is 4.94. The van der Waals surface area contributed by atoms with Crippen molar-refractivity contribution in [2.45, 2.75) is 25.8 Å². The summed E-state index contributed by atoms with van der Waals surface area (Å²) in [5, 5.41) is 2.70. The first-order chi connectivity index (χ1) is 6.72. The van der Waals surface area contributed by atoms with E-state index in [2.05, 4.69) is 11.9 Å². The lowest BCUT2D eigenvalue weighted by Gasteiger charge is -2.09. The highest BCUT2D eigenvalue weighted by Gasteiger charge is 2.08. The van der Waals surface area contributed by atoms with Gasteiger partial charge in [-0.15, -0.1) is 6.58 Å².